The summed E-state index contributed by atoms with van der Waals surface area (Å²) >= 11 is 0. The monoisotopic (exact) mass is 308 g/mol. The Labute approximate surface area is 134 Å². The lowest BCUT2D eigenvalue weighted by molar-refractivity contribution is 0.0729. The highest BCUT2D eigenvalue weighted by atomic mass is 16.2. The second-order valence-corrected chi connectivity index (χ2v) is 6.47. The highest BCUT2D eigenvalue weighted by molar-refractivity contribution is 5.93. The van der Waals surface area contributed by atoms with E-state index in [1.807, 2.05) is 23.1 Å². The van der Waals surface area contributed by atoms with Gasteiger partial charge in [-0.25, -0.2) is 0 Å². The largest absolute Gasteiger partial charge is 0.358 e. The van der Waals surface area contributed by atoms with Gasteiger partial charge in [0, 0.05) is 47.4 Å². The van der Waals surface area contributed by atoms with E-state index in [0.717, 1.165) is 24.2 Å². The lowest BCUT2D eigenvalue weighted by Crippen LogP contribution is -2.36. The maximum Gasteiger partial charge on any atom is 0.274 e. The van der Waals surface area contributed by atoms with E-state index in [-0.39, 0.29) is 5.91 Å². The van der Waals surface area contributed by atoms with Crippen molar-refractivity contribution in [3.63, 3.8) is 0 Å². The molecule has 118 valence electrons. The number of nitrogens with one attached hydrogen (secondary N) is 2. The molecule has 1 aromatic carbocycles. The average molecular weight is 308 g/mol. The number of fused-ring (bicyclic) bond motifs is 3. The van der Waals surface area contributed by atoms with Gasteiger partial charge in [0.15, 0.2) is 0 Å². The summed E-state index contributed by atoms with van der Waals surface area (Å²) in [4.78, 5) is 18.1. The molecule has 5 nitrogen and oxygen atoms in total. The van der Waals surface area contributed by atoms with Crippen LogP contribution in [0.25, 0.3) is 10.9 Å². The third kappa shape index (κ3) is 2.32. The smallest absolute Gasteiger partial charge is 0.274 e. The molecule has 1 aliphatic rings. The van der Waals surface area contributed by atoms with Gasteiger partial charge in [0.05, 0.1) is 0 Å². The van der Waals surface area contributed by atoms with E-state index in [1.54, 1.807) is 0 Å². The van der Waals surface area contributed by atoms with E-state index in [0.29, 0.717) is 18.2 Å². The summed E-state index contributed by atoms with van der Waals surface area (Å²) < 4.78 is 0. The summed E-state index contributed by atoms with van der Waals surface area (Å²) in [6.07, 6.45) is 0.858. The second-order valence-electron chi connectivity index (χ2n) is 6.47. The molecule has 0 atom stereocenters. The molecule has 3 heterocycles. The SMILES string of the molecule is CC(C)c1cc(C(=O)N2CCc3[nH]c4ccccc4c3C2)n[nH]1. The van der Waals surface area contributed by atoms with Crippen molar-refractivity contribution >= 4 is 16.8 Å². The van der Waals surface area contributed by atoms with Crippen molar-refractivity contribution in [1.82, 2.24) is 20.1 Å². The molecular weight excluding hydrogens is 288 g/mol. The van der Waals surface area contributed by atoms with Gasteiger partial charge in [0.25, 0.3) is 5.91 Å². The molecule has 0 fully saturated rings. The van der Waals surface area contributed by atoms with Crippen LogP contribution in [0.4, 0.5) is 0 Å². The molecule has 2 aromatic heterocycles. The molecule has 0 radical (unpaired) electrons. The van der Waals surface area contributed by atoms with Crippen LogP contribution in [0, 0.1) is 0 Å². The second kappa shape index (κ2) is 5.26. The van der Waals surface area contributed by atoms with Crippen molar-refractivity contribution in [1.29, 1.82) is 0 Å². The fraction of sp³-hybridized carbons (Fsp3) is 0.333. The normalized spacial score (nSPS) is 14.5. The quantitative estimate of drug-likeness (QED) is 0.763. The number of benzene rings is 1. The van der Waals surface area contributed by atoms with Crippen LogP contribution in [0.2, 0.25) is 0 Å². The van der Waals surface area contributed by atoms with E-state index >= 15 is 0 Å². The first kappa shape index (κ1) is 14.1. The van der Waals surface area contributed by atoms with Gasteiger partial charge in [0.1, 0.15) is 5.69 Å². The molecule has 0 unspecified atom stereocenters. The van der Waals surface area contributed by atoms with E-state index in [1.165, 1.54) is 16.6 Å². The van der Waals surface area contributed by atoms with Gasteiger partial charge in [0.2, 0.25) is 0 Å². The Morgan fingerprint density at radius 2 is 2.13 bits per heavy atom. The first-order valence-electron chi connectivity index (χ1n) is 8.06. The zero-order valence-electron chi connectivity index (χ0n) is 13.4. The number of rotatable bonds is 2. The molecule has 0 aliphatic carbocycles. The molecule has 2 N–H and O–H groups in total. The van der Waals surface area contributed by atoms with E-state index in [9.17, 15) is 4.79 Å². The molecule has 1 aliphatic heterocycles. The molecule has 0 spiro atoms. The highest BCUT2D eigenvalue weighted by Gasteiger charge is 2.26. The number of amides is 1. The van der Waals surface area contributed by atoms with Crippen molar-refractivity contribution in [2.24, 2.45) is 0 Å². The van der Waals surface area contributed by atoms with Crippen molar-refractivity contribution in [2.75, 3.05) is 6.54 Å². The van der Waals surface area contributed by atoms with Gasteiger partial charge in [-0.05, 0) is 18.1 Å². The molecule has 23 heavy (non-hydrogen) atoms. The minimum absolute atomic E-state index is 0.00378. The van der Waals surface area contributed by atoms with Gasteiger partial charge in [-0.1, -0.05) is 32.0 Å². The average Bonchev–Trinajstić information content (AvgIpc) is 3.18. The van der Waals surface area contributed by atoms with Gasteiger partial charge < -0.3 is 9.88 Å². The Bertz CT molecular complexity index is 874. The van der Waals surface area contributed by atoms with Crippen LogP contribution in [-0.4, -0.2) is 32.5 Å². The number of aromatic nitrogens is 3. The number of hydrogen-bond donors (Lipinski definition) is 2. The van der Waals surface area contributed by atoms with Crippen LogP contribution in [0.1, 0.15) is 47.2 Å². The maximum absolute atomic E-state index is 12.7. The third-order valence-corrected chi connectivity index (χ3v) is 4.61. The molecule has 3 aromatic rings. The zero-order valence-corrected chi connectivity index (χ0v) is 13.4. The molecular formula is C18H20N4O. The number of carbonyl (C=O) groups is 1. The molecule has 5 heteroatoms. The van der Waals surface area contributed by atoms with Crippen LogP contribution in [0.15, 0.2) is 30.3 Å². The fourth-order valence-electron chi connectivity index (χ4n) is 3.24. The molecule has 1 amide bonds. The topological polar surface area (TPSA) is 64.8 Å². The zero-order chi connectivity index (χ0) is 16.0. The van der Waals surface area contributed by atoms with Gasteiger partial charge >= 0.3 is 0 Å². The Morgan fingerprint density at radius 1 is 1.30 bits per heavy atom. The number of para-hydroxylation sites is 1. The van der Waals surface area contributed by atoms with Crippen molar-refractivity contribution in [3.05, 3.63) is 53.0 Å². The van der Waals surface area contributed by atoms with Crippen LogP contribution >= 0.6 is 0 Å². The highest BCUT2D eigenvalue weighted by Crippen LogP contribution is 2.28. The summed E-state index contributed by atoms with van der Waals surface area (Å²) in [6.45, 7) is 5.53. The Morgan fingerprint density at radius 3 is 2.91 bits per heavy atom. The Balaban J connectivity index is 1.63. The van der Waals surface area contributed by atoms with Gasteiger partial charge in [-0.15, -0.1) is 0 Å². The summed E-state index contributed by atoms with van der Waals surface area (Å²) in [6, 6.07) is 10.1. The van der Waals surface area contributed by atoms with Crippen LogP contribution in [0.5, 0.6) is 0 Å². The van der Waals surface area contributed by atoms with E-state index in [4.69, 9.17) is 0 Å². The summed E-state index contributed by atoms with van der Waals surface area (Å²) in [5.74, 6) is 0.342. The molecule has 4 rings (SSSR count). The number of nitrogens with zero attached hydrogens (tertiary/aromatic N) is 2. The summed E-state index contributed by atoms with van der Waals surface area (Å²) in [7, 11) is 0. The van der Waals surface area contributed by atoms with Crippen LogP contribution in [-0.2, 0) is 13.0 Å². The number of H-pyrrole nitrogens is 2. The third-order valence-electron chi connectivity index (χ3n) is 4.61. The lowest BCUT2D eigenvalue weighted by Gasteiger charge is -2.26. The Kier molecular flexibility index (Phi) is 3.22. The predicted octanol–water partition coefficient (Wildman–Crippen LogP) is 3.21. The standard InChI is InChI=1S/C18H20N4O/c1-11(2)16-9-17(21-20-16)18(23)22-8-7-15-13(10-22)12-5-3-4-6-14(12)19-15/h3-6,9,11,19H,7-8,10H2,1-2H3,(H,20,21). The van der Waals surface area contributed by atoms with Crippen molar-refractivity contribution in [2.45, 2.75) is 32.7 Å². The van der Waals surface area contributed by atoms with Crippen LogP contribution < -0.4 is 0 Å². The van der Waals surface area contributed by atoms with E-state index < -0.39 is 0 Å². The first-order valence-corrected chi connectivity index (χ1v) is 8.06. The van der Waals surface area contributed by atoms with Crippen LogP contribution in [0.3, 0.4) is 0 Å². The maximum atomic E-state index is 12.7. The van der Waals surface area contributed by atoms with Crippen molar-refractivity contribution in [3.8, 4) is 0 Å². The lowest BCUT2D eigenvalue weighted by atomic mass is 10.0. The minimum Gasteiger partial charge on any atom is -0.358 e. The predicted molar refractivity (Wildman–Crippen MR) is 89.4 cm³/mol. The number of hydrogen-bond acceptors (Lipinski definition) is 2. The fourth-order valence-corrected chi connectivity index (χ4v) is 3.24. The molecule has 0 bridgehead atoms. The summed E-state index contributed by atoms with van der Waals surface area (Å²) in [5.41, 5.74) is 5.14. The van der Waals surface area contributed by atoms with E-state index in [2.05, 4.69) is 41.2 Å². The Hall–Kier alpha value is -2.56. The first-order chi connectivity index (χ1) is 11.1. The molecule has 0 saturated carbocycles. The van der Waals surface area contributed by atoms with Gasteiger partial charge in [-0.3, -0.25) is 9.89 Å². The van der Waals surface area contributed by atoms with Crippen molar-refractivity contribution < 1.29 is 4.79 Å². The summed E-state index contributed by atoms with van der Waals surface area (Å²) in [5, 5.41) is 8.37. The number of aromatic amines is 2. The van der Waals surface area contributed by atoms with Gasteiger partial charge in [-0.2, -0.15) is 5.10 Å². The minimum atomic E-state index is 0.00378. The molecule has 0 saturated heterocycles. The number of carbonyl (C=O) groups excluding carboxylic acids is 1.